The topological polar surface area (TPSA) is 342 Å². The minimum absolute atomic E-state index is 0.00475. The number of aliphatic hydroxyl groups excluding tert-OH is 8. The lowest BCUT2D eigenvalue weighted by atomic mass is 9.96. The summed E-state index contributed by atoms with van der Waals surface area (Å²) in [5.41, 5.74) is 0.674. The summed E-state index contributed by atoms with van der Waals surface area (Å²) in [5, 5.41) is 123. The van der Waals surface area contributed by atoms with Crippen LogP contribution in [0.5, 0.6) is 23.0 Å². The summed E-state index contributed by atoms with van der Waals surface area (Å²) in [4.78, 5) is 26.1. The van der Waals surface area contributed by atoms with E-state index in [1.54, 1.807) is 0 Å². The van der Waals surface area contributed by atoms with Crippen LogP contribution in [0.1, 0.15) is 24.5 Å². The molecule has 3 aliphatic heterocycles. The minimum atomic E-state index is -2.07. The Hall–Kier alpha value is -4.20. The third-order valence-corrected chi connectivity index (χ3v) is 9.58. The van der Waals surface area contributed by atoms with Gasteiger partial charge in [-0.3, -0.25) is 4.79 Å². The molecule has 57 heavy (non-hydrogen) atoms. The van der Waals surface area contributed by atoms with E-state index in [9.17, 15) is 70.9 Å². The number of aliphatic hydroxyl groups is 8. The second kappa shape index (κ2) is 19.0. The standard InChI is InChI=1S/C36H46O21/c1-14-25(45)28(48)33(57-34-29(49)27(47)26(46)21(12-37)52-34)36(51-14)56-32-30(50)35(55-24(44)9-5-16-3-7-18(40)20(42)11-16)53-22(13-38)31(32)54-23(43)8-4-15-2-6-17(39)19(41)10-15/h2-4,6-8,10-11,14,21-22,25-42,45-50H,5,9,12-13H2,1H3/b8-4+/t14-,21+,22+,25-,26+,27-,28+,29+,30+,31+,32+,33+,34-,35-,36-/m0/s1. The third kappa shape index (κ3) is 10.3. The molecule has 5 rings (SSSR count). The van der Waals surface area contributed by atoms with Crippen LogP contribution in [0.4, 0.5) is 0 Å². The molecule has 0 amide bonds. The number of phenolic OH excluding ortho intramolecular Hbond substituents is 4. The van der Waals surface area contributed by atoms with Gasteiger partial charge in [0.1, 0.15) is 61.0 Å². The maximum atomic E-state index is 13.1. The van der Waals surface area contributed by atoms with E-state index < -0.39 is 135 Å². The van der Waals surface area contributed by atoms with Crippen LogP contribution in [0.25, 0.3) is 6.08 Å². The normalized spacial score (nSPS) is 35.8. The largest absolute Gasteiger partial charge is 0.504 e. The number of phenols is 4. The predicted molar refractivity (Wildman–Crippen MR) is 184 cm³/mol. The van der Waals surface area contributed by atoms with Crippen LogP contribution in [0, 0.1) is 0 Å². The maximum absolute atomic E-state index is 13.1. The molecule has 3 saturated heterocycles. The summed E-state index contributed by atoms with van der Waals surface area (Å²) in [7, 11) is 0. The van der Waals surface area contributed by atoms with Gasteiger partial charge in [0.25, 0.3) is 0 Å². The molecule has 2 aromatic rings. The third-order valence-electron chi connectivity index (χ3n) is 9.58. The zero-order chi connectivity index (χ0) is 41.7. The first kappa shape index (κ1) is 43.9. The molecule has 3 fully saturated rings. The van der Waals surface area contributed by atoms with E-state index in [4.69, 9.17) is 33.2 Å². The fourth-order valence-corrected chi connectivity index (χ4v) is 6.32. The molecular weight excluding hydrogens is 768 g/mol. The van der Waals surface area contributed by atoms with Crippen LogP contribution in [-0.4, -0.2) is 179 Å². The Morgan fingerprint density at radius 3 is 1.91 bits per heavy atom. The second-order valence-electron chi connectivity index (χ2n) is 13.6. The molecule has 0 saturated carbocycles. The van der Waals surface area contributed by atoms with E-state index in [2.05, 4.69) is 0 Å². The molecule has 0 radical (unpaired) electrons. The number of benzene rings is 2. The second-order valence-corrected chi connectivity index (χ2v) is 13.6. The Labute approximate surface area is 323 Å². The zero-order valence-corrected chi connectivity index (χ0v) is 30.1. The Morgan fingerprint density at radius 1 is 0.632 bits per heavy atom. The summed E-state index contributed by atoms with van der Waals surface area (Å²) in [6, 6.07) is 7.52. The zero-order valence-electron chi connectivity index (χ0n) is 30.1. The van der Waals surface area contributed by atoms with Crippen LogP contribution >= 0.6 is 0 Å². The van der Waals surface area contributed by atoms with Crippen molar-refractivity contribution in [1.29, 1.82) is 0 Å². The van der Waals surface area contributed by atoms with E-state index in [0.29, 0.717) is 5.56 Å². The van der Waals surface area contributed by atoms with Gasteiger partial charge in [0.15, 0.2) is 41.7 Å². The summed E-state index contributed by atoms with van der Waals surface area (Å²) >= 11 is 0. The van der Waals surface area contributed by atoms with Crippen LogP contribution < -0.4 is 0 Å². The van der Waals surface area contributed by atoms with Gasteiger partial charge in [0.05, 0.1) is 19.3 Å². The van der Waals surface area contributed by atoms with Gasteiger partial charge in [-0.25, -0.2) is 4.79 Å². The molecule has 0 bridgehead atoms. The Kier molecular flexibility index (Phi) is 14.7. The maximum Gasteiger partial charge on any atom is 0.331 e. The summed E-state index contributed by atoms with van der Waals surface area (Å²) in [6.45, 7) is -0.445. The smallest absolute Gasteiger partial charge is 0.331 e. The Balaban J connectivity index is 1.41. The van der Waals surface area contributed by atoms with E-state index in [1.807, 2.05) is 0 Å². The molecule has 2 aromatic carbocycles. The first-order valence-corrected chi connectivity index (χ1v) is 17.7. The van der Waals surface area contributed by atoms with Crippen molar-refractivity contribution in [2.24, 2.45) is 0 Å². The Morgan fingerprint density at radius 2 is 1.26 bits per heavy atom. The molecule has 316 valence electrons. The lowest BCUT2D eigenvalue weighted by Gasteiger charge is -2.48. The van der Waals surface area contributed by atoms with Crippen molar-refractivity contribution in [1.82, 2.24) is 0 Å². The van der Waals surface area contributed by atoms with Gasteiger partial charge in [-0.15, -0.1) is 0 Å². The average Bonchev–Trinajstić information content (AvgIpc) is 3.18. The number of rotatable bonds is 13. The lowest BCUT2D eigenvalue weighted by molar-refractivity contribution is -0.385. The van der Waals surface area contributed by atoms with Gasteiger partial charge in [-0.05, 0) is 54.8 Å². The van der Waals surface area contributed by atoms with Crippen molar-refractivity contribution in [3.05, 3.63) is 53.6 Å². The average molecular weight is 815 g/mol. The molecule has 3 heterocycles. The van der Waals surface area contributed by atoms with Crippen molar-refractivity contribution in [3.8, 4) is 23.0 Å². The molecule has 21 heteroatoms. The number of ether oxygens (including phenoxy) is 7. The molecule has 0 aliphatic carbocycles. The Bertz CT molecular complexity index is 1700. The first-order valence-electron chi connectivity index (χ1n) is 17.7. The highest BCUT2D eigenvalue weighted by molar-refractivity contribution is 5.87. The molecule has 0 spiro atoms. The van der Waals surface area contributed by atoms with Crippen LogP contribution in [0.15, 0.2) is 42.5 Å². The van der Waals surface area contributed by atoms with Gasteiger partial charge in [-0.2, -0.15) is 0 Å². The molecule has 3 aliphatic rings. The van der Waals surface area contributed by atoms with E-state index >= 15 is 0 Å². The van der Waals surface area contributed by atoms with E-state index in [0.717, 1.165) is 18.2 Å². The molecule has 15 atom stereocenters. The highest BCUT2D eigenvalue weighted by atomic mass is 16.8. The van der Waals surface area contributed by atoms with E-state index in [1.165, 1.54) is 37.3 Å². The fraction of sp³-hybridized carbons (Fsp3) is 0.556. The molecule has 12 N–H and O–H groups in total. The number of hydrogen-bond acceptors (Lipinski definition) is 21. The van der Waals surface area contributed by atoms with Crippen molar-refractivity contribution >= 4 is 18.0 Å². The quantitative estimate of drug-likeness (QED) is 0.0536. The van der Waals surface area contributed by atoms with Crippen LogP contribution in [-0.2, 0) is 49.2 Å². The summed E-state index contributed by atoms with van der Waals surface area (Å²) in [6.07, 6.45) is -25.0. The van der Waals surface area contributed by atoms with Gasteiger partial charge in [0.2, 0.25) is 6.29 Å². The van der Waals surface area contributed by atoms with Crippen molar-refractivity contribution < 1.29 is 104 Å². The van der Waals surface area contributed by atoms with Crippen molar-refractivity contribution in [3.63, 3.8) is 0 Å². The highest BCUT2D eigenvalue weighted by Crippen LogP contribution is 2.35. The first-order chi connectivity index (χ1) is 27.0. The molecule has 21 nitrogen and oxygen atoms in total. The van der Waals surface area contributed by atoms with Crippen LogP contribution in [0.2, 0.25) is 0 Å². The van der Waals surface area contributed by atoms with Gasteiger partial charge < -0.3 is 94.4 Å². The highest BCUT2D eigenvalue weighted by Gasteiger charge is 2.55. The number of aromatic hydroxyl groups is 4. The number of carbonyl (C=O) groups excluding carboxylic acids is 2. The van der Waals surface area contributed by atoms with Crippen LogP contribution in [0.3, 0.4) is 0 Å². The SMILES string of the molecule is C[C@@H]1O[C@@H](O[C@@H]2[C@@H](O)[C@H](OC(=O)CCc3ccc(O)c(O)c3)O[C@H](CO)[C@H]2OC(=O)/C=C/c2ccc(O)c(O)c2)[C@H](O[C@@H]2O[C@H](CO)[C@@H](O)[C@H](O)[C@H]2O)[C@H](O)[C@H]1O. The van der Waals surface area contributed by atoms with E-state index in [-0.39, 0.29) is 24.2 Å². The number of carbonyl (C=O) groups is 2. The fourth-order valence-electron chi connectivity index (χ4n) is 6.32. The number of aryl methyl sites for hydroxylation is 1. The molecule has 0 aromatic heterocycles. The molecule has 0 unspecified atom stereocenters. The van der Waals surface area contributed by atoms with Gasteiger partial charge in [0, 0.05) is 12.5 Å². The lowest BCUT2D eigenvalue weighted by Crippen LogP contribution is -2.67. The minimum Gasteiger partial charge on any atom is -0.504 e. The molecular formula is C36H46O21. The summed E-state index contributed by atoms with van der Waals surface area (Å²) < 4.78 is 39.5. The number of esters is 2. The number of hydrogen-bond donors (Lipinski definition) is 12. The van der Waals surface area contributed by atoms with Gasteiger partial charge in [-0.1, -0.05) is 12.1 Å². The monoisotopic (exact) mass is 814 g/mol. The van der Waals surface area contributed by atoms with Crippen molar-refractivity contribution in [2.75, 3.05) is 13.2 Å². The van der Waals surface area contributed by atoms with Crippen molar-refractivity contribution in [2.45, 2.75) is 112 Å². The summed E-state index contributed by atoms with van der Waals surface area (Å²) in [5.74, 6) is -3.80. The van der Waals surface area contributed by atoms with Gasteiger partial charge >= 0.3 is 11.9 Å². The predicted octanol–water partition coefficient (Wildman–Crippen LogP) is -3.27.